The highest BCUT2D eigenvalue weighted by Crippen LogP contribution is 2.12. The Morgan fingerprint density at radius 3 is 2.40 bits per heavy atom. The third kappa shape index (κ3) is 2.51. The molecule has 2 N–H and O–H groups in total. The second-order valence-electron chi connectivity index (χ2n) is 2.39. The number of carboxylic acid groups (broad SMARTS) is 1. The average molecular weight is 142 g/mol. The summed E-state index contributed by atoms with van der Waals surface area (Å²) in [7, 11) is 0. The fourth-order valence-electron chi connectivity index (χ4n) is 0.314. The van der Waals surface area contributed by atoms with Gasteiger partial charge >= 0.3 is 5.97 Å². The number of aliphatic hydroxyl groups excluding tert-OH is 1. The zero-order valence-electron chi connectivity index (χ0n) is 6.01. The Kier molecular flexibility index (Phi) is 2.91. The molecule has 0 aliphatic heterocycles. The second kappa shape index (κ2) is 3.23. The lowest BCUT2D eigenvalue weighted by Gasteiger charge is -2.08. The second-order valence-corrected chi connectivity index (χ2v) is 2.39. The molecule has 0 aliphatic rings. The number of carbonyl (C=O) groups is 1. The number of rotatable bonds is 1. The van der Waals surface area contributed by atoms with E-state index < -0.39 is 11.4 Å². The summed E-state index contributed by atoms with van der Waals surface area (Å²) in [4.78, 5) is 10.3. The Balaban J connectivity index is 4.26. The summed E-state index contributed by atoms with van der Waals surface area (Å²) in [6, 6.07) is 0. The summed E-state index contributed by atoms with van der Waals surface area (Å²) in [6.45, 7) is 2.67. The van der Waals surface area contributed by atoms with Crippen LogP contribution in [0, 0.1) is 17.3 Å². The average Bonchev–Trinajstić information content (AvgIpc) is 1.84. The van der Waals surface area contributed by atoms with E-state index in [1.165, 1.54) is 13.8 Å². The van der Waals surface area contributed by atoms with Gasteiger partial charge in [-0.3, -0.25) is 4.79 Å². The van der Waals surface area contributed by atoms with Crippen LogP contribution in [0.5, 0.6) is 0 Å². The largest absolute Gasteiger partial charge is 0.480 e. The molecule has 0 amide bonds. The predicted molar refractivity (Wildman–Crippen MR) is 36.3 cm³/mol. The van der Waals surface area contributed by atoms with E-state index in [1.807, 2.05) is 0 Å². The van der Waals surface area contributed by atoms with Crippen molar-refractivity contribution in [2.45, 2.75) is 13.8 Å². The fourth-order valence-corrected chi connectivity index (χ4v) is 0.314. The highest BCUT2D eigenvalue weighted by Gasteiger charge is 2.23. The molecular formula is C7H10O3. The molecule has 0 atom stereocenters. The highest BCUT2D eigenvalue weighted by molar-refractivity contribution is 5.77. The fraction of sp³-hybridized carbons (Fsp3) is 0.571. The van der Waals surface area contributed by atoms with Gasteiger partial charge in [-0.15, -0.1) is 0 Å². The molecule has 0 bridgehead atoms. The smallest absolute Gasteiger partial charge is 0.321 e. The molecule has 0 aliphatic carbocycles. The Labute approximate surface area is 59.7 Å². The van der Waals surface area contributed by atoms with Crippen LogP contribution in [0.4, 0.5) is 0 Å². The van der Waals surface area contributed by atoms with E-state index in [0.717, 1.165) is 0 Å². The lowest BCUT2D eigenvalue weighted by atomic mass is 9.95. The highest BCUT2D eigenvalue weighted by atomic mass is 16.4. The molecule has 0 saturated heterocycles. The van der Waals surface area contributed by atoms with Gasteiger partial charge in [-0.1, -0.05) is 11.8 Å². The van der Waals surface area contributed by atoms with Gasteiger partial charge in [0.15, 0.2) is 0 Å². The monoisotopic (exact) mass is 142 g/mol. The molecule has 10 heavy (non-hydrogen) atoms. The summed E-state index contributed by atoms with van der Waals surface area (Å²) in [5.74, 6) is 3.72. The van der Waals surface area contributed by atoms with Crippen molar-refractivity contribution in [3.63, 3.8) is 0 Å². The van der Waals surface area contributed by atoms with Crippen LogP contribution >= 0.6 is 0 Å². The van der Waals surface area contributed by atoms with Crippen LogP contribution in [0.2, 0.25) is 0 Å². The van der Waals surface area contributed by atoms with Gasteiger partial charge < -0.3 is 10.2 Å². The first-order valence-corrected chi connectivity index (χ1v) is 2.85. The van der Waals surface area contributed by atoms with Crippen LogP contribution in [-0.4, -0.2) is 22.8 Å². The number of carboxylic acids is 1. The Hall–Kier alpha value is -1.01. The molecule has 3 heteroatoms. The van der Waals surface area contributed by atoms with Crippen molar-refractivity contribution in [1.29, 1.82) is 0 Å². The van der Waals surface area contributed by atoms with Gasteiger partial charge in [0, 0.05) is 0 Å². The van der Waals surface area contributed by atoms with Gasteiger partial charge in [0.1, 0.15) is 12.0 Å². The molecule has 0 aromatic carbocycles. The molecule has 0 saturated carbocycles. The SMILES string of the molecule is CC(C)(C#CCO)C(=O)O. The Morgan fingerprint density at radius 1 is 1.60 bits per heavy atom. The lowest BCUT2D eigenvalue weighted by Crippen LogP contribution is -2.21. The van der Waals surface area contributed by atoms with Crippen LogP contribution < -0.4 is 0 Å². The molecule has 56 valence electrons. The van der Waals surface area contributed by atoms with Gasteiger partial charge in [0.05, 0.1) is 0 Å². The van der Waals surface area contributed by atoms with Crippen LogP contribution in [0.15, 0.2) is 0 Å². The molecule has 0 aromatic heterocycles. The number of hydrogen-bond acceptors (Lipinski definition) is 2. The van der Waals surface area contributed by atoms with Crippen molar-refractivity contribution in [2.75, 3.05) is 6.61 Å². The summed E-state index contributed by atoms with van der Waals surface area (Å²) < 4.78 is 0. The molecule has 0 aromatic rings. The van der Waals surface area contributed by atoms with Crippen molar-refractivity contribution >= 4 is 5.97 Å². The number of aliphatic hydroxyl groups is 1. The zero-order chi connectivity index (χ0) is 8.20. The Morgan fingerprint density at radius 2 is 2.10 bits per heavy atom. The minimum atomic E-state index is -1.05. The normalized spacial score (nSPS) is 9.90. The first kappa shape index (κ1) is 8.99. The van der Waals surface area contributed by atoms with Gasteiger partial charge in [0.25, 0.3) is 0 Å². The van der Waals surface area contributed by atoms with E-state index in [4.69, 9.17) is 10.2 Å². The lowest BCUT2D eigenvalue weighted by molar-refractivity contribution is -0.143. The summed E-state index contributed by atoms with van der Waals surface area (Å²) in [6.07, 6.45) is 0. The quantitative estimate of drug-likeness (QED) is 0.510. The predicted octanol–water partition coefficient (Wildman–Crippen LogP) is 0.0929. The molecule has 0 heterocycles. The molecule has 0 rings (SSSR count). The standard InChI is InChI=1S/C7H10O3/c1-7(2,6(9)10)4-3-5-8/h8H,5H2,1-2H3,(H,9,10). The summed E-state index contributed by atoms with van der Waals surface area (Å²) >= 11 is 0. The van der Waals surface area contributed by atoms with Crippen molar-refractivity contribution in [3.8, 4) is 11.8 Å². The molecule has 0 unspecified atom stereocenters. The maximum absolute atomic E-state index is 10.3. The number of hydrogen-bond donors (Lipinski definition) is 2. The van der Waals surface area contributed by atoms with Crippen LogP contribution in [0.1, 0.15) is 13.8 Å². The van der Waals surface area contributed by atoms with E-state index >= 15 is 0 Å². The molecule has 0 spiro atoms. The van der Waals surface area contributed by atoms with Crippen molar-refractivity contribution < 1.29 is 15.0 Å². The maximum Gasteiger partial charge on any atom is 0.321 e. The Bertz CT molecular complexity index is 183. The van der Waals surface area contributed by atoms with Crippen LogP contribution in [0.25, 0.3) is 0 Å². The minimum absolute atomic E-state index is 0.295. The first-order valence-electron chi connectivity index (χ1n) is 2.85. The molecular weight excluding hydrogens is 132 g/mol. The van der Waals surface area contributed by atoms with E-state index in [2.05, 4.69) is 11.8 Å². The van der Waals surface area contributed by atoms with E-state index in [0.29, 0.717) is 0 Å². The first-order chi connectivity index (χ1) is 4.50. The topological polar surface area (TPSA) is 57.5 Å². The minimum Gasteiger partial charge on any atom is -0.480 e. The van der Waals surface area contributed by atoms with Crippen molar-refractivity contribution in [3.05, 3.63) is 0 Å². The summed E-state index contributed by atoms with van der Waals surface area (Å²) in [5, 5.41) is 16.7. The van der Waals surface area contributed by atoms with Gasteiger partial charge in [0.2, 0.25) is 0 Å². The van der Waals surface area contributed by atoms with E-state index in [1.54, 1.807) is 0 Å². The van der Waals surface area contributed by atoms with Crippen LogP contribution in [-0.2, 0) is 4.79 Å². The van der Waals surface area contributed by atoms with Gasteiger partial charge in [-0.25, -0.2) is 0 Å². The molecule has 0 fully saturated rings. The summed E-state index contributed by atoms with van der Waals surface area (Å²) in [5.41, 5.74) is -1.05. The maximum atomic E-state index is 10.3. The van der Waals surface area contributed by atoms with Crippen LogP contribution in [0.3, 0.4) is 0 Å². The molecule has 0 radical (unpaired) electrons. The third-order valence-corrected chi connectivity index (χ3v) is 1.01. The van der Waals surface area contributed by atoms with E-state index in [-0.39, 0.29) is 6.61 Å². The van der Waals surface area contributed by atoms with Crippen molar-refractivity contribution in [1.82, 2.24) is 0 Å². The van der Waals surface area contributed by atoms with E-state index in [9.17, 15) is 4.79 Å². The molecule has 3 nitrogen and oxygen atoms in total. The third-order valence-electron chi connectivity index (χ3n) is 1.01. The van der Waals surface area contributed by atoms with Crippen molar-refractivity contribution in [2.24, 2.45) is 5.41 Å². The van der Waals surface area contributed by atoms with Gasteiger partial charge in [-0.05, 0) is 13.8 Å². The number of aliphatic carboxylic acids is 1. The van der Waals surface area contributed by atoms with Gasteiger partial charge in [-0.2, -0.15) is 0 Å². The zero-order valence-corrected chi connectivity index (χ0v) is 6.01.